The third kappa shape index (κ3) is 4.45. The molecule has 1 unspecified atom stereocenters. The lowest BCUT2D eigenvalue weighted by Crippen LogP contribution is -2.27. The zero-order valence-corrected chi connectivity index (χ0v) is 10.3. The second-order valence-electron chi connectivity index (χ2n) is 4.02. The molecule has 0 aliphatic carbocycles. The van der Waals surface area contributed by atoms with Gasteiger partial charge in [-0.1, -0.05) is 25.5 Å². The normalized spacial score (nSPS) is 11.8. The molecule has 0 aliphatic rings. The number of ether oxygens (including phenoxy) is 1. The largest absolute Gasteiger partial charge is 0.479 e. The van der Waals surface area contributed by atoms with Gasteiger partial charge in [0.05, 0.1) is 6.42 Å². The molecular weight excluding hydrogens is 234 g/mol. The molecule has 0 fully saturated rings. The molecule has 1 atom stereocenters. The third-order valence-electron chi connectivity index (χ3n) is 2.43. The molecule has 0 spiro atoms. The number of anilines is 1. The number of benzene rings is 1. The minimum absolute atomic E-state index is 0.0494. The Kier molecular flexibility index (Phi) is 5.17. The average molecular weight is 251 g/mol. The van der Waals surface area contributed by atoms with Crippen molar-refractivity contribution in [1.82, 2.24) is 0 Å². The van der Waals surface area contributed by atoms with Crippen LogP contribution in [0.25, 0.3) is 0 Å². The number of carboxylic acids is 1. The second kappa shape index (κ2) is 6.64. The molecule has 3 N–H and O–H groups in total. The van der Waals surface area contributed by atoms with Gasteiger partial charge in [-0.05, 0) is 24.1 Å². The van der Waals surface area contributed by atoms with Gasteiger partial charge in [0.2, 0.25) is 0 Å². The van der Waals surface area contributed by atoms with Crippen molar-refractivity contribution in [2.45, 2.75) is 32.3 Å². The molecule has 0 saturated heterocycles. The van der Waals surface area contributed by atoms with Crippen molar-refractivity contribution in [2.24, 2.45) is 0 Å². The molecule has 0 aromatic heterocycles. The SMILES string of the molecule is CCCC(OC(=O)Cc1ccc(N)cc1)C(=O)O. The Morgan fingerprint density at radius 2 is 1.94 bits per heavy atom. The zero-order chi connectivity index (χ0) is 13.5. The van der Waals surface area contributed by atoms with Crippen molar-refractivity contribution >= 4 is 17.6 Å². The summed E-state index contributed by atoms with van der Waals surface area (Å²) in [6.07, 6.45) is -0.0424. The van der Waals surface area contributed by atoms with Crippen molar-refractivity contribution in [3.63, 3.8) is 0 Å². The lowest BCUT2D eigenvalue weighted by molar-refractivity contribution is -0.164. The van der Waals surface area contributed by atoms with Crippen LogP contribution in [0, 0.1) is 0 Å². The van der Waals surface area contributed by atoms with Crippen LogP contribution in [0.15, 0.2) is 24.3 Å². The topological polar surface area (TPSA) is 89.6 Å². The predicted octanol–water partition coefficient (Wildman–Crippen LogP) is 1.61. The first-order valence-electron chi connectivity index (χ1n) is 5.79. The van der Waals surface area contributed by atoms with Crippen LogP contribution in [0.5, 0.6) is 0 Å². The second-order valence-corrected chi connectivity index (χ2v) is 4.02. The van der Waals surface area contributed by atoms with E-state index in [-0.39, 0.29) is 6.42 Å². The van der Waals surface area contributed by atoms with Gasteiger partial charge >= 0.3 is 11.9 Å². The van der Waals surface area contributed by atoms with Gasteiger partial charge in [0.15, 0.2) is 6.10 Å². The molecule has 5 nitrogen and oxygen atoms in total. The van der Waals surface area contributed by atoms with Crippen LogP contribution in [0.1, 0.15) is 25.3 Å². The van der Waals surface area contributed by atoms with E-state index >= 15 is 0 Å². The third-order valence-corrected chi connectivity index (χ3v) is 2.43. The predicted molar refractivity (Wildman–Crippen MR) is 67.0 cm³/mol. The Morgan fingerprint density at radius 1 is 1.33 bits per heavy atom. The number of aliphatic carboxylic acids is 1. The van der Waals surface area contributed by atoms with Gasteiger partial charge < -0.3 is 15.6 Å². The molecule has 0 radical (unpaired) electrons. The molecule has 1 rings (SSSR count). The summed E-state index contributed by atoms with van der Waals surface area (Å²) in [4.78, 5) is 22.4. The summed E-state index contributed by atoms with van der Waals surface area (Å²) in [6, 6.07) is 6.80. The Morgan fingerprint density at radius 3 is 2.44 bits per heavy atom. The van der Waals surface area contributed by atoms with Crippen LogP contribution < -0.4 is 5.73 Å². The van der Waals surface area contributed by atoms with E-state index in [2.05, 4.69) is 0 Å². The highest BCUT2D eigenvalue weighted by molar-refractivity contribution is 5.79. The number of rotatable bonds is 6. The van der Waals surface area contributed by atoms with E-state index in [1.54, 1.807) is 24.3 Å². The highest BCUT2D eigenvalue weighted by Gasteiger charge is 2.21. The zero-order valence-electron chi connectivity index (χ0n) is 10.3. The van der Waals surface area contributed by atoms with Gasteiger partial charge in [-0.25, -0.2) is 4.79 Å². The van der Waals surface area contributed by atoms with Crippen LogP contribution in [0.3, 0.4) is 0 Å². The highest BCUT2D eigenvalue weighted by atomic mass is 16.6. The maximum atomic E-state index is 11.6. The monoisotopic (exact) mass is 251 g/mol. The fraction of sp³-hybridized carbons (Fsp3) is 0.385. The van der Waals surface area contributed by atoms with Gasteiger partial charge in [-0.2, -0.15) is 0 Å². The summed E-state index contributed by atoms with van der Waals surface area (Å²) in [5.74, 6) is -1.65. The smallest absolute Gasteiger partial charge is 0.345 e. The Bertz CT molecular complexity index is 414. The first-order valence-corrected chi connectivity index (χ1v) is 5.79. The summed E-state index contributed by atoms with van der Waals surface area (Å²) in [6.45, 7) is 1.84. The molecule has 1 aromatic carbocycles. The van der Waals surface area contributed by atoms with Crippen LogP contribution >= 0.6 is 0 Å². The summed E-state index contributed by atoms with van der Waals surface area (Å²) in [5.41, 5.74) is 6.88. The van der Waals surface area contributed by atoms with Crippen LogP contribution in [-0.4, -0.2) is 23.1 Å². The minimum Gasteiger partial charge on any atom is -0.479 e. The number of nitrogen functional groups attached to an aromatic ring is 1. The Hall–Kier alpha value is -2.04. The van der Waals surface area contributed by atoms with E-state index in [0.717, 1.165) is 5.56 Å². The maximum Gasteiger partial charge on any atom is 0.345 e. The van der Waals surface area contributed by atoms with E-state index in [1.807, 2.05) is 6.92 Å². The van der Waals surface area contributed by atoms with Crippen molar-refractivity contribution in [3.8, 4) is 0 Å². The maximum absolute atomic E-state index is 11.6. The van der Waals surface area contributed by atoms with Crippen molar-refractivity contribution < 1.29 is 19.4 Å². The van der Waals surface area contributed by atoms with Crippen molar-refractivity contribution in [3.05, 3.63) is 29.8 Å². The molecule has 0 saturated carbocycles. The molecule has 0 aliphatic heterocycles. The number of nitrogens with two attached hydrogens (primary N) is 1. The number of carbonyl (C=O) groups excluding carboxylic acids is 1. The standard InChI is InChI=1S/C13H17NO4/c1-2-3-11(13(16)17)18-12(15)8-9-4-6-10(14)7-5-9/h4-7,11H,2-3,8,14H2,1H3,(H,16,17). The van der Waals surface area contributed by atoms with Gasteiger partial charge in [0, 0.05) is 5.69 Å². The quantitative estimate of drug-likeness (QED) is 0.592. The number of esters is 1. The van der Waals surface area contributed by atoms with Crippen molar-refractivity contribution in [1.29, 1.82) is 0 Å². The molecule has 18 heavy (non-hydrogen) atoms. The summed E-state index contributed by atoms with van der Waals surface area (Å²) in [5, 5.41) is 8.86. The average Bonchev–Trinajstić information content (AvgIpc) is 2.31. The Labute approximate surface area is 106 Å². The Balaban J connectivity index is 2.54. The summed E-state index contributed by atoms with van der Waals surface area (Å²) >= 11 is 0. The number of carbonyl (C=O) groups is 2. The number of hydrogen-bond acceptors (Lipinski definition) is 4. The molecule has 5 heteroatoms. The molecule has 0 amide bonds. The van der Waals surface area contributed by atoms with Gasteiger partial charge in [-0.3, -0.25) is 4.79 Å². The fourth-order valence-electron chi connectivity index (χ4n) is 1.50. The van der Waals surface area contributed by atoms with E-state index < -0.39 is 18.0 Å². The van der Waals surface area contributed by atoms with Crippen molar-refractivity contribution in [2.75, 3.05) is 5.73 Å². The fourth-order valence-corrected chi connectivity index (χ4v) is 1.50. The van der Waals surface area contributed by atoms with E-state index in [0.29, 0.717) is 18.5 Å². The molecule has 1 aromatic rings. The molecule has 0 heterocycles. The molecule has 0 bridgehead atoms. The lowest BCUT2D eigenvalue weighted by atomic mass is 10.1. The summed E-state index contributed by atoms with van der Waals surface area (Å²) in [7, 11) is 0. The number of hydrogen-bond donors (Lipinski definition) is 2. The number of carboxylic acid groups (broad SMARTS) is 1. The van der Waals surface area contributed by atoms with Gasteiger partial charge in [0.1, 0.15) is 0 Å². The van der Waals surface area contributed by atoms with Crippen LogP contribution in [0.2, 0.25) is 0 Å². The van der Waals surface area contributed by atoms with Gasteiger partial charge in [-0.15, -0.1) is 0 Å². The first-order chi connectivity index (χ1) is 8.52. The van der Waals surface area contributed by atoms with E-state index in [9.17, 15) is 9.59 Å². The lowest BCUT2D eigenvalue weighted by Gasteiger charge is -2.12. The van der Waals surface area contributed by atoms with Gasteiger partial charge in [0.25, 0.3) is 0 Å². The first kappa shape index (κ1) is 14.0. The van der Waals surface area contributed by atoms with E-state index in [4.69, 9.17) is 15.6 Å². The molecular formula is C13H17NO4. The van der Waals surface area contributed by atoms with Crippen LogP contribution in [0.4, 0.5) is 5.69 Å². The summed E-state index contributed by atoms with van der Waals surface area (Å²) < 4.78 is 4.92. The van der Waals surface area contributed by atoms with Crippen LogP contribution in [-0.2, 0) is 20.7 Å². The molecule has 98 valence electrons. The van der Waals surface area contributed by atoms with E-state index in [1.165, 1.54) is 0 Å². The highest BCUT2D eigenvalue weighted by Crippen LogP contribution is 2.09. The minimum atomic E-state index is -1.11.